The predicted octanol–water partition coefficient (Wildman–Crippen LogP) is 4.50. The predicted molar refractivity (Wildman–Crippen MR) is 107 cm³/mol. The Morgan fingerprint density at radius 1 is 1.07 bits per heavy atom. The van der Waals surface area contributed by atoms with E-state index in [1.54, 1.807) is 24.3 Å². The van der Waals surface area contributed by atoms with Gasteiger partial charge in [0.05, 0.1) is 25.3 Å². The van der Waals surface area contributed by atoms with E-state index in [-0.39, 0.29) is 5.56 Å². The molecule has 1 atom stereocenters. The van der Waals surface area contributed by atoms with E-state index < -0.39 is 17.8 Å². The normalized spacial score (nSPS) is 16.9. The molecule has 1 N–H and O–H groups in total. The van der Waals surface area contributed by atoms with Crippen molar-refractivity contribution in [3.05, 3.63) is 59.2 Å². The third-order valence-corrected chi connectivity index (χ3v) is 5.10. The molecule has 0 aliphatic carbocycles. The van der Waals surface area contributed by atoms with Crippen LogP contribution in [0.15, 0.2) is 42.5 Å². The van der Waals surface area contributed by atoms with Crippen LogP contribution in [0.25, 0.3) is 0 Å². The lowest BCUT2D eigenvalue weighted by Crippen LogP contribution is -2.34. The summed E-state index contributed by atoms with van der Waals surface area (Å²) in [5.41, 5.74) is 0.409. The van der Waals surface area contributed by atoms with Gasteiger partial charge in [-0.3, -0.25) is 4.90 Å². The fourth-order valence-corrected chi connectivity index (χ4v) is 3.83. The van der Waals surface area contributed by atoms with Gasteiger partial charge < -0.3 is 14.8 Å². The molecular weight excluding hydrogens is 381 g/mol. The van der Waals surface area contributed by atoms with Crippen molar-refractivity contribution in [2.24, 2.45) is 0 Å². The van der Waals surface area contributed by atoms with Crippen molar-refractivity contribution in [3.63, 3.8) is 0 Å². The molecule has 1 unspecified atom stereocenters. The molecule has 1 saturated heterocycles. The van der Waals surface area contributed by atoms with Gasteiger partial charge in [-0.2, -0.15) is 13.2 Å². The Kier molecular flexibility index (Phi) is 7.03. The zero-order chi connectivity index (χ0) is 20.9. The lowest BCUT2D eigenvalue weighted by Gasteiger charge is -2.33. The van der Waals surface area contributed by atoms with Crippen molar-refractivity contribution < 1.29 is 22.6 Å². The highest BCUT2D eigenvalue weighted by atomic mass is 19.4. The Hall–Kier alpha value is -2.25. The number of nitrogens with one attached hydrogen (secondary N) is 1. The fourth-order valence-electron chi connectivity index (χ4n) is 3.83. The Morgan fingerprint density at radius 3 is 2.59 bits per heavy atom. The van der Waals surface area contributed by atoms with Crippen LogP contribution in [0.3, 0.4) is 0 Å². The van der Waals surface area contributed by atoms with E-state index in [4.69, 9.17) is 9.47 Å². The van der Waals surface area contributed by atoms with Gasteiger partial charge in [-0.1, -0.05) is 24.3 Å². The molecule has 1 aliphatic heterocycles. The lowest BCUT2D eigenvalue weighted by atomic mass is 9.92. The number of alkyl halides is 3. The van der Waals surface area contributed by atoms with Crippen LogP contribution < -0.4 is 14.8 Å². The van der Waals surface area contributed by atoms with Gasteiger partial charge in [0, 0.05) is 19.6 Å². The first kappa shape index (κ1) is 21.5. The monoisotopic (exact) mass is 408 g/mol. The lowest BCUT2D eigenvalue weighted by molar-refractivity contribution is -0.138. The quantitative estimate of drug-likeness (QED) is 0.763. The molecule has 2 aromatic rings. The van der Waals surface area contributed by atoms with E-state index in [1.807, 2.05) is 13.0 Å². The average Bonchev–Trinajstić information content (AvgIpc) is 2.98. The maximum Gasteiger partial charge on any atom is 0.416 e. The summed E-state index contributed by atoms with van der Waals surface area (Å²) in [7, 11) is 1.54. The van der Waals surface area contributed by atoms with Crippen LogP contribution in [0.2, 0.25) is 0 Å². The molecule has 0 bridgehead atoms. The summed E-state index contributed by atoms with van der Waals surface area (Å²) >= 11 is 0. The molecule has 1 fully saturated rings. The number of benzene rings is 2. The Bertz CT molecular complexity index is 803. The van der Waals surface area contributed by atoms with E-state index >= 15 is 0 Å². The zero-order valence-electron chi connectivity index (χ0n) is 16.8. The second-order valence-electron chi connectivity index (χ2n) is 6.97. The Balaban J connectivity index is 2.12. The van der Waals surface area contributed by atoms with E-state index in [9.17, 15) is 13.2 Å². The van der Waals surface area contributed by atoms with Gasteiger partial charge in [0.2, 0.25) is 0 Å². The van der Waals surface area contributed by atoms with Crippen LogP contribution in [-0.2, 0) is 6.18 Å². The van der Waals surface area contributed by atoms with Crippen LogP contribution in [0, 0.1) is 0 Å². The summed E-state index contributed by atoms with van der Waals surface area (Å²) in [6, 6.07) is 10.7. The molecule has 7 heteroatoms. The van der Waals surface area contributed by atoms with Crippen molar-refractivity contribution in [1.82, 2.24) is 10.2 Å². The molecule has 1 aliphatic rings. The number of nitrogens with zero attached hydrogens (tertiary/aromatic N) is 1. The highest BCUT2D eigenvalue weighted by molar-refractivity contribution is 5.47. The van der Waals surface area contributed by atoms with Crippen LogP contribution in [0.5, 0.6) is 11.5 Å². The van der Waals surface area contributed by atoms with E-state index in [0.717, 1.165) is 31.1 Å². The van der Waals surface area contributed by atoms with Crippen molar-refractivity contribution in [2.45, 2.75) is 25.6 Å². The highest BCUT2D eigenvalue weighted by Crippen LogP contribution is 2.41. The van der Waals surface area contributed by atoms with Gasteiger partial charge in [-0.05, 0) is 49.2 Å². The molecule has 3 rings (SSSR count). The SMILES string of the molecule is CCOc1ccc(C(c2ccccc2C(F)(F)F)N2CCCNCC2)cc1OC. The maximum absolute atomic E-state index is 13.8. The molecule has 0 saturated carbocycles. The second-order valence-corrected chi connectivity index (χ2v) is 6.97. The number of hydrogen-bond donors (Lipinski definition) is 1. The van der Waals surface area contributed by atoms with Gasteiger partial charge >= 0.3 is 6.18 Å². The van der Waals surface area contributed by atoms with Crippen molar-refractivity contribution in [3.8, 4) is 11.5 Å². The van der Waals surface area contributed by atoms with Crippen LogP contribution >= 0.6 is 0 Å². The van der Waals surface area contributed by atoms with Crippen LogP contribution in [0.4, 0.5) is 13.2 Å². The molecular formula is C22H27F3N2O2. The number of rotatable bonds is 6. The summed E-state index contributed by atoms with van der Waals surface area (Å²) in [6.45, 7) is 5.31. The maximum atomic E-state index is 13.8. The molecule has 2 aromatic carbocycles. The smallest absolute Gasteiger partial charge is 0.416 e. The summed E-state index contributed by atoms with van der Waals surface area (Å²) < 4.78 is 52.5. The molecule has 0 radical (unpaired) electrons. The first-order chi connectivity index (χ1) is 14.0. The molecule has 0 aromatic heterocycles. The average molecular weight is 408 g/mol. The summed E-state index contributed by atoms with van der Waals surface area (Å²) in [5.74, 6) is 1.10. The number of hydrogen-bond acceptors (Lipinski definition) is 4. The van der Waals surface area contributed by atoms with E-state index in [0.29, 0.717) is 31.2 Å². The summed E-state index contributed by atoms with van der Waals surface area (Å²) in [4.78, 5) is 2.11. The van der Waals surface area contributed by atoms with Gasteiger partial charge in [0.1, 0.15) is 0 Å². The molecule has 158 valence electrons. The molecule has 1 heterocycles. The minimum absolute atomic E-state index is 0.258. The first-order valence-electron chi connectivity index (χ1n) is 9.87. The number of ether oxygens (including phenoxy) is 2. The first-order valence-corrected chi connectivity index (χ1v) is 9.87. The molecule has 4 nitrogen and oxygen atoms in total. The minimum Gasteiger partial charge on any atom is -0.493 e. The topological polar surface area (TPSA) is 33.7 Å². The Labute approximate surface area is 169 Å². The standard InChI is InChI=1S/C22H27F3N2O2/c1-3-29-19-10-9-16(15-20(19)28-2)21(27-13-6-11-26-12-14-27)17-7-4-5-8-18(17)22(23,24)25/h4-5,7-10,15,21,26H,3,6,11-14H2,1-2H3. The van der Waals surface area contributed by atoms with Gasteiger partial charge in [0.15, 0.2) is 11.5 Å². The minimum atomic E-state index is -4.42. The summed E-state index contributed by atoms with van der Waals surface area (Å²) in [6.07, 6.45) is -3.55. The van der Waals surface area contributed by atoms with Gasteiger partial charge in [0.25, 0.3) is 0 Å². The van der Waals surface area contributed by atoms with Crippen LogP contribution in [0.1, 0.15) is 36.1 Å². The zero-order valence-corrected chi connectivity index (χ0v) is 16.8. The summed E-state index contributed by atoms with van der Waals surface area (Å²) in [5, 5.41) is 3.32. The third-order valence-electron chi connectivity index (χ3n) is 5.10. The van der Waals surface area contributed by atoms with E-state index in [2.05, 4.69) is 10.2 Å². The fraction of sp³-hybridized carbons (Fsp3) is 0.455. The highest BCUT2D eigenvalue weighted by Gasteiger charge is 2.37. The number of methoxy groups -OCH3 is 1. The largest absolute Gasteiger partial charge is 0.493 e. The number of halogens is 3. The van der Waals surface area contributed by atoms with Crippen molar-refractivity contribution in [2.75, 3.05) is 39.9 Å². The van der Waals surface area contributed by atoms with Crippen LogP contribution in [-0.4, -0.2) is 44.8 Å². The Morgan fingerprint density at radius 2 is 1.86 bits per heavy atom. The molecule has 0 amide bonds. The van der Waals surface area contributed by atoms with Crippen molar-refractivity contribution >= 4 is 0 Å². The van der Waals surface area contributed by atoms with Crippen molar-refractivity contribution in [1.29, 1.82) is 0 Å². The van der Waals surface area contributed by atoms with Gasteiger partial charge in [-0.15, -0.1) is 0 Å². The molecule has 29 heavy (non-hydrogen) atoms. The second kappa shape index (κ2) is 9.50. The molecule has 0 spiro atoms. The van der Waals surface area contributed by atoms with E-state index in [1.165, 1.54) is 13.2 Å². The third kappa shape index (κ3) is 5.03. The van der Waals surface area contributed by atoms with Gasteiger partial charge in [-0.25, -0.2) is 0 Å².